The summed E-state index contributed by atoms with van der Waals surface area (Å²) in [4.78, 5) is 3.52. The number of benzene rings is 2. The fraction of sp³-hybridized carbons (Fsp3) is 0.222. The molecular formula is C18H20N2O2S. The zero-order valence-electron chi connectivity index (χ0n) is 13.3. The fourth-order valence-electron chi connectivity index (χ4n) is 2.76. The molecule has 0 radical (unpaired) electrons. The van der Waals surface area contributed by atoms with Crippen molar-refractivity contribution in [2.24, 2.45) is 0 Å². The number of hydrogen-bond acceptors (Lipinski definition) is 2. The summed E-state index contributed by atoms with van der Waals surface area (Å²) >= 11 is 0. The van der Waals surface area contributed by atoms with Gasteiger partial charge in [-0.05, 0) is 55.0 Å². The summed E-state index contributed by atoms with van der Waals surface area (Å²) < 4.78 is 27.5. The van der Waals surface area contributed by atoms with Crippen LogP contribution in [0.4, 0.5) is 0 Å². The quantitative estimate of drug-likeness (QED) is 0.755. The van der Waals surface area contributed by atoms with E-state index in [1.807, 2.05) is 50.4 Å². The van der Waals surface area contributed by atoms with Crippen molar-refractivity contribution in [2.45, 2.75) is 25.2 Å². The topological polar surface area (TPSA) is 62.0 Å². The lowest BCUT2D eigenvalue weighted by atomic mass is 10.1. The van der Waals surface area contributed by atoms with Crippen molar-refractivity contribution in [3.8, 4) is 0 Å². The van der Waals surface area contributed by atoms with E-state index in [9.17, 15) is 8.42 Å². The number of sulfonamides is 1. The zero-order chi connectivity index (χ0) is 16.4. The Bertz CT molecular complexity index is 943. The maximum Gasteiger partial charge on any atom is 0.240 e. The largest absolute Gasteiger partial charge is 0.361 e. The van der Waals surface area contributed by atoms with Crippen LogP contribution < -0.4 is 4.72 Å². The molecule has 0 atom stereocenters. The molecule has 3 aromatic rings. The van der Waals surface area contributed by atoms with Gasteiger partial charge < -0.3 is 4.98 Å². The Morgan fingerprint density at radius 3 is 2.65 bits per heavy atom. The normalized spacial score (nSPS) is 11.9. The van der Waals surface area contributed by atoms with Crippen LogP contribution in [0.25, 0.3) is 10.9 Å². The molecule has 23 heavy (non-hydrogen) atoms. The Kier molecular flexibility index (Phi) is 4.24. The molecular weight excluding hydrogens is 308 g/mol. The highest BCUT2D eigenvalue weighted by atomic mass is 32.2. The van der Waals surface area contributed by atoms with Crippen molar-refractivity contribution >= 4 is 20.9 Å². The first kappa shape index (κ1) is 15.8. The van der Waals surface area contributed by atoms with E-state index in [2.05, 4.69) is 15.8 Å². The predicted octanol–water partition coefficient (Wildman–Crippen LogP) is 3.31. The van der Waals surface area contributed by atoms with Gasteiger partial charge in [0.05, 0.1) is 4.90 Å². The van der Waals surface area contributed by atoms with Gasteiger partial charge in [-0.2, -0.15) is 0 Å². The van der Waals surface area contributed by atoms with Crippen LogP contribution in [0.15, 0.2) is 53.6 Å². The molecule has 5 heteroatoms. The van der Waals surface area contributed by atoms with Crippen LogP contribution in [0.3, 0.4) is 0 Å². The third-order valence-electron chi connectivity index (χ3n) is 3.95. The minimum Gasteiger partial charge on any atom is -0.361 e. The molecule has 0 unspecified atom stereocenters. The van der Waals surface area contributed by atoms with Gasteiger partial charge in [0, 0.05) is 18.3 Å². The Balaban J connectivity index is 1.69. The molecule has 0 amide bonds. The highest BCUT2D eigenvalue weighted by Crippen LogP contribution is 2.17. The summed E-state index contributed by atoms with van der Waals surface area (Å²) in [5.41, 5.74) is 3.99. The average molecular weight is 328 g/mol. The lowest BCUT2D eigenvalue weighted by Gasteiger charge is -2.10. The van der Waals surface area contributed by atoms with E-state index in [0.717, 1.165) is 27.6 Å². The van der Waals surface area contributed by atoms with Gasteiger partial charge in [-0.25, -0.2) is 13.1 Å². The average Bonchev–Trinajstić information content (AvgIpc) is 2.94. The van der Waals surface area contributed by atoms with E-state index >= 15 is 0 Å². The number of hydrogen-bond donors (Lipinski definition) is 2. The van der Waals surface area contributed by atoms with Gasteiger partial charge in [0.2, 0.25) is 10.0 Å². The fourth-order valence-corrected chi connectivity index (χ4v) is 4.02. The molecule has 4 nitrogen and oxygen atoms in total. The molecule has 3 rings (SSSR count). The molecule has 1 heterocycles. The van der Waals surface area contributed by atoms with E-state index in [1.54, 1.807) is 6.07 Å². The molecule has 0 saturated heterocycles. The van der Waals surface area contributed by atoms with Crippen LogP contribution >= 0.6 is 0 Å². The molecule has 0 saturated carbocycles. The summed E-state index contributed by atoms with van der Waals surface area (Å²) in [6, 6.07) is 13.5. The predicted molar refractivity (Wildman–Crippen MR) is 93.1 cm³/mol. The van der Waals surface area contributed by atoms with E-state index in [0.29, 0.717) is 17.9 Å². The number of aryl methyl sites for hydroxylation is 2. The first-order chi connectivity index (χ1) is 11.0. The van der Waals surface area contributed by atoms with Crippen LogP contribution in [0.2, 0.25) is 0 Å². The number of nitrogens with one attached hydrogen (secondary N) is 2. The maximum atomic E-state index is 12.4. The van der Waals surface area contributed by atoms with Gasteiger partial charge in [-0.15, -0.1) is 0 Å². The maximum absolute atomic E-state index is 12.4. The minimum absolute atomic E-state index is 0.350. The molecule has 2 aromatic carbocycles. The second-order valence-corrected chi connectivity index (χ2v) is 7.55. The lowest BCUT2D eigenvalue weighted by Crippen LogP contribution is -2.26. The van der Waals surface area contributed by atoms with Crippen molar-refractivity contribution in [2.75, 3.05) is 6.54 Å². The number of rotatable bonds is 5. The smallest absolute Gasteiger partial charge is 0.240 e. The molecule has 0 aliphatic carbocycles. The van der Waals surface area contributed by atoms with Crippen LogP contribution in [-0.4, -0.2) is 19.9 Å². The Morgan fingerprint density at radius 2 is 1.87 bits per heavy atom. The molecule has 2 N–H and O–H groups in total. The van der Waals surface area contributed by atoms with Crippen LogP contribution in [-0.2, 0) is 16.4 Å². The Hall–Kier alpha value is -2.11. The van der Waals surface area contributed by atoms with Crippen LogP contribution in [0.1, 0.15) is 16.7 Å². The lowest BCUT2D eigenvalue weighted by molar-refractivity contribution is 0.581. The highest BCUT2D eigenvalue weighted by molar-refractivity contribution is 7.89. The first-order valence-electron chi connectivity index (χ1n) is 7.59. The van der Waals surface area contributed by atoms with Crippen LogP contribution in [0.5, 0.6) is 0 Å². The molecule has 0 bridgehead atoms. The number of fused-ring (bicyclic) bond motifs is 1. The van der Waals surface area contributed by atoms with Crippen molar-refractivity contribution in [3.63, 3.8) is 0 Å². The number of aromatic amines is 1. The summed E-state index contributed by atoms with van der Waals surface area (Å²) in [5.74, 6) is 0. The standard InChI is InChI=1S/C18H20N2O2S/c1-13-3-6-18(14(2)11-13)23(21,22)20-10-7-15-4-5-16-8-9-19-17(16)12-15/h3-6,8-9,11-12,19-20H,7,10H2,1-2H3. The molecule has 120 valence electrons. The number of aromatic nitrogens is 1. The van der Waals surface area contributed by atoms with Gasteiger partial charge >= 0.3 is 0 Å². The summed E-state index contributed by atoms with van der Waals surface area (Å²) in [6.45, 7) is 4.15. The third-order valence-corrected chi connectivity index (χ3v) is 5.57. The third kappa shape index (κ3) is 3.46. The van der Waals surface area contributed by atoms with Crippen molar-refractivity contribution in [1.29, 1.82) is 0 Å². The van der Waals surface area contributed by atoms with Crippen molar-refractivity contribution < 1.29 is 8.42 Å². The Labute approximate surface area is 136 Å². The van der Waals surface area contributed by atoms with Crippen molar-refractivity contribution in [1.82, 2.24) is 9.71 Å². The van der Waals surface area contributed by atoms with Crippen molar-refractivity contribution in [3.05, 3.63) is 65.4 Å². The van der Waals surface area contributed by atoms with E-state index in [1.165, 1.54) is 0 Å². The van der Waals surface area contributed by atoms with Gasteiger partial charge in [0.25, 0.3) is 0 Å². The van der Waals surface area contributed by atoms with E-state index in [-0.39, 0.29) is 0 Å². The Morgan fingerprint density at radius 1 is 1.04 bits per heavy atom. The summed E-state index contributed by atoms with van der Waals surface area (Å²) in [5, 5.41) is 1.16. The number of H-pyrrole nitrogens is 1. The van der Waals surface area contributed by atoms with E-state index < -0.39 is 10.0 Å². The molecule has 0 aliphatic rings. The summed E-state index contributed by atoms with van der Waals surface area (Å²) in [6.07, 6.45) is 2.55. The summed E-state index contributed by atoms with van der Waals surface area (Å²) in [7, 11) is -3.47. The monoisotopic (exact) mass is 328 g/mol. The van der Waals surface area contributed by atoms with E-state index in [4.69, 9.17) is 0 Å². The molecule has 0 fully saturated rings. The van der Waals surface area contributed by atoms with Gasteiger partial charge in [-0.1, -0.05) is 29.8 Å². The minimum atomic E-state index is -3.47. The van der Waals surface area contributed by atoms with Gasteiger partial charge in [0.1, 0.15) is 0 Å². The van der Waals surface area contributed by atoms with Crippen LogP contribution in [0, 0.1) is 13.8 Å². The zero-order valence-corrected chi connectivity index (χ0v) is 14.1. The molecule has 0 aliphatic heterocycles. The first-order valence-corrected chi connectivity index (χ1v) is 9.07. The molecule has 1 aromatic heterocycles. The highest BCUT2D eigenvalue weighted by Gasteiger charge is 2.15. The van der Waals surface area contributed by atoms with Gasteiger partial charge in [0.15, 0.2) is 0 Å². The van der Waals surface area contributed by atoms with Gasteiger partial charge in [-0.3, -0.25) is 0 Å². The second-order valence-electron chi connectivity index (χ2n) is 5.82. The SMILES string of the molecule is Cc1ccc(S(=O)(=O)NCCc2ccc3cc[nH]c3c2)c(C)c1. The second kappa shape index (κ2) is 6.18. The molecule has 0 spiro atoms.